The molecule has 0 radical (unpaired) electrons. The molecular weight excluding hydrogens is 315 g/mol. The van der Waals surface area contributed by atoms with Gasteiger partial charge in [0, 0.05) is 11.0 Å². The van der Waals surface area contributed by atoms with Crippen LogP contribution in [-0.4, -0.2) is 38.2 Å². The molecule has 0 saturated carbocycles. The smallest absolute Gasteiger partial charge is 0.123 e. The van der Waals surface area contributed by atoms with Crippen LogP contribution < -0.4 is 10.5 Å². The van der Waals surface area contributed by atoms with Crippen molar-refractivity contribution in [2.75, 3.05) is 33.3 Å². The molecule has 4 heteroatoms. The number of rotatable bonds is 6. The molecule has 2 N–H and O–H groups in total. The molecule has 2 aromatic carbocycles. The van der Waals surface area contributed by atoms with Gasteiger partial charge >= 0.3 is 0 Å². The van der Waals surface area contributed by atoms with Crippen molar-refractivity contribution in [2.45, 2.75) is 24.7 Å². The Morgan fingerprint density at radius 2 is 1.84 bits per heavy atom. The standard InChI is InChI=1S/C21H27FN2O/c1-25-20-9-8-18(22)16-19(20)21(17-6-3-2-4-7-17)10-14-24(15-11-21)13-5-12-23/h2-4,6-9,16H,5,10-15,23H2,1H3. The third-order valence-corrected chi connectivity index (χ3v) is 5.39. The number of hydrogen-bond donors (Lipinski definition) is 1. The van der Waals surface area contributed by atoms with E-state index in [9.17, 15) is 4.39 Å². The molecule has 0 aromatic heterocycles. The van der Waals surface area contributed by atoms with Gasteiger partial charge in [-0.2, -0.15) is 0 Å². The lowest BCUT2D eigenvalue weighted by Gasteiger charge is -2.43. The lowest BCUT2D eigenvalue weighted by molar-refractivity contribution is 0.176. The monoisotopic (exact) mass is 342 g/mol. The first-order valence-corrected chi connectivity index (χ1v) is 9.01. The Hall–Kier alpha value is -1.91. The highest BCUT2D eigenvalue weighted by atomic mass is 19.1. The topological polar surface area (TPSA) is 38.5 Å². The fourth-order valence-corrected chi connectivity index (χ4v) is 4.00. The molecule has 0 unspecified atom stereocenters. The number of hydrogen-bond acceptors (Lipinski definition) is 3. The predicted octanol–water partition coefficient (Wildman–Crippen LogP) is 3.57. The largest absolute Gasteiger partial charge is 0.496 e. The molecule has 1 heterocycles. The van der Waals surface area contributed by atoms with Gasteiger partial charge in [0.1, 0.15) is 11.6 Å². The number of nitrogens with two attached hydrogens (primary N) is 1. The number of ether oxygens (including phenoxy) is 1. The second kappa shape index (κ2) is 7.98. The molecule has 2 aromatic rings. The molecule has 0 atom stereocenters. The highest BCUT2D eigenvalue weighted by Gasteiger charge is 2.39. The summed E-state index contributed by atoms with van der Waals surface area (Å²) in [5.74, 6) is 0.553. The van der Waals surface area contributed by atoms with Crippen molar-refractivity contribution in [2.24, 2.45) is 5.73 Å². The van der Waals surface area contributed by atoms with Gasteiger partial charge in [0.25, 0.3) is 0 Å². The zero-order chi connectivity index (χ0) is 17.7. The molecule has 0 bridgehead atoms. The first-order valence-electron chi connectivity index (χ1n) is 9.01. The van der Waals surface area contributed by atoms with Gasteiger partial charge in [-0.05, 0) is 69.2 Å². The molecule has 3 nitrogen and oxygen atoms in total. The number of piperidine rings is 1. The van der Waals surface area contributed by atoms with Crippen molar-refractivity contribution in [1.29, 1.82) is 0 Å². The summed E-state index contributed by atoms with van der Waals surface area (Å²) in [5.41, 5.74) is 7.63. The van der Waals surface area contributed by atoms with E-state index in [2.05, 4.69) is 29.2 Å². The van der Waals surface area contributed by atoms with E-state index in [-0.39, 0.29) is 11.2 Å². The van der Waals surface area contributed by atoms with Gasteiger partial charge < -0.3 is 15.4 Å². The molecular formula is C21H27FN2O. The Labute approximate surface area is 149 Å². The Kier molecular flexibility index (Phi) is 5.71. The zero-order valence-electron chi connectivity index (χ0n) is 14.9. The first kappa shape index (κ1) is 17.9. The van der Waals surface area contributed by atoms with Crippen molar-refractivity contribution in [3.63, 3.8) is 0 Å². The molecule has 3 rings (SSSR count). The van der Waals surface area contributed by atoms with E-state index in [1.165, 1.54) is 11.6 Å². The summed E-state index contributed by atoms with van der Waals surface area (Å²) in [4.78, 5) is 2.46. The van der Waals surface area contributed by atoms with Gasteiger partial charge in [-0.3, -0.25) is 0 Å². The molecule has 134 valence electrons. The van der Waals surface area contributed by atoms with Crippen LogP contribution in [0.2, 0.25) is 0 Å². The van der Waals surface area contributed by atoms with E-state index in [1.807, 2.05) is 6.07 Å². The molecule has 1 fully saturated rings. The van der Waals surface area contributed by atoms with E-state index >= 15 is 0 Å². The number of likely N-dealkylation sites (tertiary alicyclic amines) is 1. The van der Waals surface area contributed by atoms with Crippen LogP contribution >= 0.6 is 0 Å². The second-order valence-electron chi connectivity index (χ2n) is 6.78. The Balaban J connectivity index is 1.99. The average molecular weight is 342 g/mol. The molecule has 1 saturated heterocycles. The summed E-state index contributed by atoms with van der Waals surface area (Å²) in [6, 6.07) is 15.3. The van der Waals surface area contributed by atoms with Crippen LogP contribution in [0.25, 0.3) is 0 Å². The summed E-state index contributed by atoms with van der Waals surface area (Å²) >= 11 is 0. The minimum Gasteiger partial charge on any atom is -0.496 e. The maximum atomic E-state index is 14.1. The Morgan fingerprint density at radius 3 is 2.48 bits per heavy atom. The van der Waals surface area contributed by atoms with E-state index in [4.69, 9.17) is 10.5 Å². The molecule has 0 spiro atoms. The SMILES string of the molecule is COc1ccc(F)cc1C1(c2ccccc2)CCN(CCCN)CC1. The number of benzene rings is 2. The number of nitrogens with zero attached hydrogens (tertiary/aromatic N) is 1. The van der Waals surface area contributed by atoms with Gasteiger partial charge in [0.05, 0.1) is 7.11 Å². The highest BCUT2D eigenvalue weighted by molar-refractivity contribution is 5.48. The molecule has 25 heavy (non-hydrogen) atoms. The van der Waals surface area contributed by atoms with Crippen molar-refractivity contribution in [3.05, 3.63) is 65.5 Å². The molecule has 1 aliphatic heterocycles. The normalized spacial score (nSPS) is 17.4. The minimum atomic E-state index is -0.214. The van der Waals surface area contributed by atoms with Crippen LogP contribution in [-0.2, 0) is 5.41 Å². The third kappa shape index (κ3) is 3.70. The fourth-order valence-electron chi connectivity index (χ4n) is 4.00. The maximum absolute atomic E-state index is 14.1. The number of methoxy groups -OCH3 is 1. The van der Waals surface area contributed by atoms with Gasteiger partial charge in [-0.15, -0.1) is 0 Å². The van der Waals surface area contributed by atoms with Crippen LogP contribution in [0, 0.1) is 5.82 Å². The minimum absolute atomic E-state index is 0.211. The van der Waals surface area contributed by atoms with Gasteiger partial charge in [-0.1, -0.05) is 30.3 Å². The summed E-state index contributed by atoms with van der Waals surface area (Å²) < 4.78 is 19.7. The maximum Gasteiger partial charge on any atom is 0.123 e. The van der Waals surface area contributed by atoms with Gasteiger partial charge in [-0.25, -0.2) is 4.39 Å². The quantitative estimate of drug-likeness (QED) is 0.872. The molecule has 1 aliphatic rings. The predicted molar refractivity (Wildman–Crippen MR) is 99.5 cm³/mol. The van der Waals surface area contributed by atoms with Gasteiger partial charge in [0.15, 0.2) is 0 Å². The number of halogens is 1. The lowest BCUT2D eigenvalue weighted by atomic mass is 9.67. The van der Waals surface area contributed by atoms with Crippen LogP contribution in [0.5, 0.6) is 5.75 Å². The summed E-state index contributed by atoms with van der Waals surface area (Å²) in [6.45, 7) is 3.71. The van der Waals surface area contributed by atoms with Crippen LogP contribution in [0.4, 0.5) is 4.39 Å². The zero-order valence-corrected chi connectivity index (χ0v) is 14.9. The van der Waals surface area contributed by atoms with Gasteiger partial charge in [0.2, 0.25) is 0 Å². The van der Waals surface area contributed by atoms with E-state index in [1.54, 1.807) is 19.2 Å². The van der Waals surface area contributed by atoms with E-state index < -0.39 is 0 Å². The lowest BCUT2D eigenvalue weighted by Crippen LogP contribution is -2.44. The van der Waals surface area contributed by atoms with Crippen LogP contribution in [0.1, 0.15) is 30.4 Å². The van der Waals surface area contributed by atoms with Crippen molar-refractivity contribution in [1.82, 2.24) is 4.90 Å². The van der Waals surface area contributed by atoms with Crippen molar-refractivity contribution in [3.8, 4) is 5.75 Å². The summed E-state index contributed by atoms with van der Waals surface area (Å²) in [7, 11) is 1.66. The molecule has 0 amide bonds. The van der Waals surface area contributed by atoms with E-state index in [0.29, 0.717) is 0 Å². The molecule has 0 aliphatic carbocycles. The summed E-state index contributed by atoms with van der Waals surface area (Å²) in [5, 5.41) is 0. The fraction of sp³-hybridized carbons (Fsp3) is 0.429. The van der Waals surface area contributed by atoms with Crippen LogP contribution in [0.3, 0.4) is 0 Å². The Morgan fingerprint density at radius 1 is 1.12 bits per heavy atom. The third-order valence-electron chi connectivity index (χ3n) is 5.39. The first-order chi connectivity index (χ1) is 12.2. The Bertz CT molecular complexity index is 682. The highest BCUT2D eigenvalue weighted by Crippen LogP contribution is 2.45. The second-order valence-corrected chi connectivity index (χ2v) is 6.78. The average Bonchev–Trinajstić information content (AvgIpc) is 2.67. The van der Waals surface area contributed by atoms with Crippen molar-refractivity contribution < 1.29 is 9.13 Å². The van der Waals surface area contributed by atoms with Crippen molar-refractivity contribution >= 4 is 0 Å². The summed E-state index contributed by atoms with van der Waals surface area (Å²) in [6.07, 6.45) is 2.91. The van der Waals surface area contributed by atoms with E-state index in [0.717, 1.165) is 56.8 Å². The van der Waals surface area contributed by atoms with Crippen LogP contribution in [0.15, 0.2) is 48.5 Å².